The van der Waals surface area contributed by atoms with Gasteiger partial charge in [-0.15, -0.1) is 0 Å². The van der Waals surface area contributed by atoms with Crippen molar-refractivity contribution in [3.05, 3.63) is 112 Å². The van der Waals surface area contributed by atoms with E-state index in [1.165, 1.54) is 0 Å². The monoisotopic (exact) mass is 455 g/mol. The molecule has 1 heterocycles. The molecule has 0 amide bonds. The third-order valence-electron chi connectivity index (χ3n) is 5.21. The van der Waals surface area contributed by atoms with E-state index >= 15 is 0 Å². The smallest absolute Gasteiger partial charge is 0.338 e. The van der Waals surface area contributed by atoms with Crippen LogP contribution in [0.4, 0.5) is 0 Å². The zero-order valence-electron chi connectivity index (χ0n) is 18.1. The number of ketones is 1. The van der Waals surface area contributed by atoms with Gasteiger partial charge in [0.1, 0.15) is 6.61 Å². The number of fused-ring (bicyclic) bond motifs is 1. The Labute approximate surface area is 197 Å². The number of nitrogens with zero attached hydrogens (tertiary/aromatic N) is 1. The molecule has 0 spiro atoms. The van der Waals surface area contributed by atoms with Gasteiger partial charge < -0.3 is 4.74 Å². The van der Waals surface area contributed by atoms with Crippen molar-refractivity contribution in [2.45, 2.75) is 6.92 Å². The second kappa shape index (κ2) is 10.2. The minimum atomic E-state index is -0.455. The number of hydrogen-bond acceptors (Lipinski definition) is 4. The van der Waals surface area contributed by atoms with Crippen molar-refractivity contribution in [2.75, 3.05) is 6.61 Å². The van der Waals surface area contributed by atoms with Gasteiger partial charge in [0.15, 0.2) is 5.78 Å². The SMILES string of the molecule is CC(COC(=O)c1ccccc1)C(=O)c1cccc(C=Cc2ccc3ccc(Cl)cc3n2)c1. The Morgan fingerprint density at radius 1 is 0.909 bits per heavy atom. The van der Waals surface area contributed by atoms with Crippen LogP contribution in [0.1, 0.15) is 38.9 Å². The molecule has 0 saturated heterocycles. The molecule has 4 nitrogen and oxygen atoms in total. The predicted octanol–water partition coefficient (Wildman–Crippen LogP) is 6.73. The maximum atomic E-state index is 12.9. The summed E-state index contributed by atoms with van der Waals surface area (Å²) in [6.07, 6.45) is 3.81. The summed E-state index contributed by atoms with van der Waals surface area (Å²) in [6, 6.07) is 25.6. The van der Waals surface area contributed by atoms with Crippen molar-refractivity contribution in [2.24, 2.45) is 5.92 Å². The molecule has 0 N–H and O–H groups in total. The highest BCUT2D eigenvalue weighted by molar-refractivity contribution is 6.31. The van der Waals surface area contributed by atoms with Gasteiger partial charge in [-0.2, -0.15) is 0 Å². The van der Waals surface area contributed by atoms with Crippen molar-refractivity contribution < 1.29 is 14.3 Å². The Balaban J connectivity index is 1.42. The number of pyridine rings is 1. The first kappa shape index (κ1) is 22.4. The van der Waals surface area contributed by atoms with Crippen molar-refractivity contribution in [1.82, 2.24) is 4.98 Å². The van der Waals surface area contributed by atoms with Gasteiger partial charge in [0.25, 0.3) is 0 Å². The van der Waals surface area contributed by atoms with E-state index in [4.69, 9.17) is 16.3 Å². The number of hydrogen-bond donors (Lipinski definition) is 0. The summed E-state index contributed by atoms with van der Waals surface area (Å²) in [4.78, 5) is 29.6. The summed E-state index contributed by atoms with van der Waals surface area (Å²) >= 11 is 6.07. The average Bonchev–Trinajstić information content (AvgIpc) is 2.85. The second-order valence-electron chi connectivity index (χ2n) is 7.76. The fourth-order valence-electron chi connectivity index (χ4n) is 3.39. The first-order valence-corrected chi connectivity index (χ1v) is 11.0. The molecule has 3 aromatic carbocycles. The molecule has 0 radical (unpaired) electrons. The number of carbonyl (C=O) groups excluding carboxylic acids is 2. The third-order valence-corrected chi connectivity index (χ3v) is 5.45. The number of carbonyl (C=O) groups is 2. The summed E-state index contributed by atoms with van der Waals surface area (Å²) in [5, 5.41) is 1.66. The molecule has 1 unspecified atom stereocenters. The highest BCUT2D eigenvalue weighted by Crippen LogP contribution is 2.19. The molecule has 0 bridgehead atoms. The fraction of sp³-hybridized carbons (Fsp3) is 0.107. The first-order valence-electron chi connectivity index (χ1n) is 10.6. The van der Waals surface area contributed by atoms with Gasteiger partial charge in [-0.05, 0) is 48.0 Å². The van der Waals surface area contributed by atoms with Crippen LogP contribution in [0.2, 0.25) is 5.02 Å². The van der Waals surface area contributed by atoms with Gasteiger partial charge in [0.05, 0.1) is 22.7 Å². The lowest BCUT2D eigenvalue weighted by atomic mass is 9.98. The molecular formula is C28H22ClNO3. The van der Waals surface area contributed by atoms with Gasteiger partial charge in [-0.1, -0.05) is 73.1 Å². The minimum absolute atomic E-state index is 0.0240. The van der Waals surface area contributed by atoms with Crippen LogP contribution in [-0.4, -0.2) is 23.3 Å². The largest absolute Gasteiger partial charge is 0.461 e. The minimum Gasteiger partial charge on any atom is -0.461 e. The number of halogens is 1. The van der Waals surface area contributed by atoms with E-state index in [9.17, 15) is 9.59 Å². The van der Waals surface area contributed by atoms with Crippen LogP contribution >= 0.6 is 11.6 Å². The second-order valence-corrected chi connectivity index (χ2v) is 8.20. The van der Waals surface area contributed by atoms with E-state index in [1.807, 2.05) is 66.7 Å². The van der Waals surface area contributed by atoms with Gasteiger partial charge >= 0.3 is 5.97 Å². The van der Waals surface area contributed by atoms with Gasteiger partial charge in [-0.3, -0.25) is 4.79 Å². The lowest BCUT2D eigenvalue weighted by molar-refractivity contribution is 0.0441. The quantitative estimate of drug-likeness (QED) is 0.229. The third kappa shape index (κ3) is 5.73. The molecule has 1 aromatic heterocycles. The molecule has 0 saturated carbocycles. The van der Waals surface area contributed by atoms with E-state index in [1.54, 1.807) is 37.3 Å². The van der Waals surface area contributed by atoms with Gasteiger partial charge in [-0.25, -0.2) is 9.78 Å². The summed E-state index contributed by atoms with van der Waals surface area (Å²) < 4.78 is 5.32. The number of benzene rings is 3. The molecule has 0 fully saturated rings. The molecule has 0 aliphatic rings. The van der Waals surface area contributed by atoms with E-state index in [-0.39, 0.29) is 12.4 Å². The number of rotatable bonds is 7. The van der Waals surface area contributed by atoms with Crippen molar-refractivity contribution in [1.29, 1.82) is 0 Å². The van der Waals surface area contributed by atoms with Crippen LogP contribution in [-0.2, 0) is 4.74 Å². The van der Waals surface area contributed by atoms with E-state index < -0.39 is 11.9 Å². The van der Waals surface area contributed by atoms with Crippen LogP contribution < -0.4 is 0 Å². The number of esters is 1. The Morgan fingerprint density at radius 3 is 2.48 bits per heavy atom. The average molecular weight is 456 g/mol. The number of ether oxygens (including phenoxy) is 1. The summed E-state index contributed by atoms with van der Waals surface area (Å²) in [6.45, 7) is 1.78. The Kier molecular flexibility index (Phi) is 6.96. The maximum absolute atomic E-state index is 12.9. The van der Waals surface area contributed by atoms with E-state index in [0.717, 1.165) is 22.2 Å². The normalized spacial score (nSPS) is 12.1. The highest BCUT2D eigenvalue weighted by Gasteiger charge is 2.18. The summed E-state index contributed by atoms with van der Waals surface area (Å²) in [5.41, 5.74) is 3.53. The highest BCUT2D eigenvalue weighted by atomic mass is 35.5. The standard InChI is InChI=1S/C28H22ClNO3/c1-19(18-33-28(32)22-7-3-2-4-8-22)27(31)23-9-5-6-20(16-23)10-14-25-15-12-21-11-13-24(29)17-26(21)30-25/h2-17,19H,18H2,1H3. The molecule has 4 aromatic rings. The zero-order chi connectivity index (χ0) is 23.2. The van der Waals surface area contributed by atoms with Gasteiger partial charge in [0.2, 0.25) is 0 Å². The molecule has 164 valence electrons. The maximum Gasteiger partial charge on any atom is 0.338 e. The predicted molar refractivity (Wildman–Crippen MR) is 132 cm³/mol. The van der Waals surface area contributed by atoms with Crippen LogP contribution in [0.5, 0.6) is 0 Å². The number of Topliss-reactive ketones (excluding diaryl/α,β-unsaturated/α-hetero) is 1. The topological polar surface area (TPSA) is 56.3 Å². The molecular weight excluding hydrogens is 434 g/mol. The Bertz CT molecular complexity index is 1330. The lowest BCUT2D eigenvalue weighted by Crippen LogP contribution is -2.20. The van der Waals surface area contributed by atoms with E-state index in [0.29, 0.717) is 16.1 Å². The van der Waals surface area contributed by atoms with Crippen LogP contribution in [0.15, 0.2) is 84.9 Å². The van der Waals surface area contributed by atoms with E-state index in [2.05, 4.69) is 4.98 Å². The van der Waals surface area contributed by atoms with Crippen molar-refractivity contribution >= 4 is 46.4 Å². The summed E-state index contributed by atoms with van der Waals surface area (Å²) in [5.74, 6) is -0.968. The van der Waals surface area contributed by atoms with Gasteiger partial charge in [0, 0.05) is 16.0 Å². The molecule has 5 heteroatoms. The summed E-state index contributed by atoms with van der Waals surface area (Å²) in [7, 11) is 0. The molecule has 33 heavy (non-hydrogen) atoms. The first-order chi connectivity index (χ1) is 16.0. The van der Waals surface area contributed by atoms with Crippen molar-refractivity contribution in [3.8, 4) is 0 Å². The van der Waals surface area contributed by atoms with Crippen LogP contribution in [0.25, 0.3) is 23.1 Å². The molecule has 4 rings (SSSR count). The fourth-order valence-corrected chi connectivity index (χ4v) is 3.56. The van der Waals surface area contributed by atoms with Crippen molar-refractivity contribution in [3.63, 3.8) is 0 Å². The Hall–Kier alpha value is -3.76. The zero-order valence-corrected chi connectivity index (χ0v) is 18.8. The molecule has 0 aliphatic carbocycles. The Morgan fingerprint density at radius 2 is 1.67 bits per heavy atom. The molecule has 0 aliphatic heterocycles. The number of aromatic nitrogens is 1. The lowest BCUT2D eigenvalue weighted by Gasteiger charge is -2.12. The van der Waals surface area contributed by atoms with Crippen LogP contribution in [0.3, 0.4) is 0 Å². The van der Waals surface area contributed by atoms with Crippen LogP contribution in [0, 0.1) is 5.92 Å². The molecule has 1 atom stereocenters.